The quantitative estimate of drug-likeness (QED) is 0.694. The van der Waals surface area contributed by atoms with Crippen molar-refractivity contribution >= 4 is 22.8 Å². The molecule has 150 valence electrons. The number of aromatic nitrogens is 1. The topological polar surface area (TPSA) is 65.6 Å². The van der Waals surface area contributed by atoms with E-state index in [1.165, 1.54) is 7.11 Å². The second-order valence-electron chi connectivity index (χ2n) is 7.75. The number of nitrogens with one attached hydrogen (secondary N) is 1. The van der Waals surface area contributed by atoms with Gasteiger partial charge in [0, 0.05) is 53.8 Å². The molecule has 1 N–H and O–H groups in total. The zero-order chi connectivity index (χ0) is 20.5. The minimum absolute atomic E-state index is 0.0368. The lowest BCUT2D eigenvalue weighted by Gasteiger charge is -2.27. The fourth-order valence-electron chi connectivity index (χ4n) is 3.98. The van der Waals surface area contributed by atoms with Gasteiger partial charge >= 0.3 is 5.97 Å². The van der Waals surface area contributed by atoms with E-state index in [9.17, 15) is 9.59 Å². The third kappa shape index (κ3) is 3.76. The summed E-state index contributed by atoms with van der Waals surface area (Å²) < 4.78 is 4.84. The molecule has 0 saturated carbocycles. The Labute approximate surface area is 170 Å². The van der Waals surface area contributed by atoms with Gasteiger partial charge in [0.05, 0.1) is 12.7 Å². The number of hydrogen-bond acceptors (Lipinski definition) is 4. The molecule has 0 bridgehead atoms. The van der Waals surface area contributed by atoms with Crippen molar-refractivity contribution in [2.24, 2.45) is 0 Å². The van der Waals surface area contributed by atoms with Crippen LogP contribution in [0.1, 0.15) is 37.5 Å². The molecule has 1 amide bonds. The molecule has 4 rings (SSSR count). The van der Waals surface area contributed by atoms with Crippen molar-refractivity contribution in [1.29, 1.82) is 0 Å². The Bertz CT molecular complexity index is 1080. The maximum atomic E-state index is 13.2. The number of H-pyrrole nitrogens is 1. The van der Waals surface area contributed by atoms with Crippen LogP contribution in [0, 0.1) is 0 Å². The molecule has 6 heteroatoms. The molecular formula is C23H25N3O3. The number of methoxy groups -OCH3 is 1. The first kappa shape index (κ1) is 19.2. The largest absolute Gasteiger partial charge is 0.465 e. The van der Waals surface area contributed by atoms with E-state index in [0.29, 0.717) is 24.2 Å². The highest BCUT2D eigenvalue weighted by molar-refractivity contribution is 5.97. The summed E-state index contributed by atoms with van der Waals surface area (Å²) >= 11 is 0. The van der Waals surface area contributed by atoms with Crippen molar-refractivity contribution in [2.45, 2.75) is 19.5 Å². The number of aromatic amines is 1. The van der Waals surface area contributed by atoms with Gasteiger partial charge in [-0.2, -0.15) is 0 Å². The van der Waals surface area contributed by atoms with E-state index in [1.807, 2.05) is 55.4 Å². The predicted molar refractivity (Wildman–Crippen MR) is 112 cm³/mol. The van der Waals surface area contributed by atoms with Crippen LogP contribution < -0.4 is 0 Å². The summed E-state index contributed by atoms with van der Waals surface area (Å²) in [7, 11) is 5.41. The molecule has 2 heterocycles. The summed E-state index contributed by atoms with van der Waals surface area (Å²) in [5, 5.41) is 0.974. The van der Waals surface area contributed by atoms with Crippen LogP contribution in [0.2, 0.25) is 0 Å². The lowest BCUT2D eigenvalue weighted by atomic mass is 10.0. The number of amides is 1. The maximum absolute atomic E-state index is 13.2. The van der Waals surface area contributed by atoms with Crippen LogP contribution in [0.3, 0.4) is 0 Å². The summed E-state index contributed by atoms with van der Waals surface area (Å²) in [6.07, 6.45) is 0.765. The van der Waals surface area contributed by atoms with Crippen molar-refractivity contribution in [2.75, 3.05) is 27.7 Å². The third-order valence-corrected chi connectivity index (χ3v) is 5.36. The van der Waals surface area contributed by atoms with Gasteiger partial charge in [-0.3, -0.25) is 4.79 Å². The Morgan fingerprint density at radius 1 is 1.14 bits per heavy atom. The van der Waals surface area contributed by atoms with Crippen LogP contribution in [-0.2, 0) is 24.2 Å². The van der Waals surface area contributed by atoms with Gasteiger partial charge in [0.15, 0.2) is 0 Å². The number of esters is 1. The predicted octanol–water partition coefficient (Wildman–Crippen LogP) is 3.21. The van der Waals surface area contributed by atoms with Gasteiger partial charge in [0.2, 0.25) is 0 Å². The first-order chi connectivity index (χ1) is 14.0. The van der Waals surface area contributed by atoms with Gasteiger partial charge < -0.3 is 19.5 Å². The number of nitrogens with zero attached hydrogens (tertiary/aromatic N) is 2. The van der Waals surface area contributed by atoms with Crippen LogP contribution in [-0.4, -0.2) is 54.4 Å². The van der Waals surface area contributed by atoms with Gasteiger partial charge in [-0.25, -0.2) is 4.79 Å². The molecule has 0 atom stereocenters. The summed E-state index contributed by atoms with van der Waals surface area (Å²) in [4.78, 5) is 32.5. The van der Waals surface area contributed by atoms with Crippen LogP contribution in [0.15, 0.2) is 42.5 Å². The Morgan fingerprint density at radius 3 is 2.72 bits per heavy atom. The zero-order valence-electron chi connectivity index (χ0n) is 17.0. The SMILES string of the molecule is COC(=O)c1ccc2[nH]c3c(c2c1)CN(C(=O)c1cccc(CN(C)C)c1)CC3. The van der Waals surface area contributed by atoms with Gasteiger partial charge in [-0.15, -0.1) is 0 Å². The van der Waals surface area contributed by atoms with E-state index in [0.717, 1.165) is 40.7 Å². The molecule has 0 unspecified atom stereocenters. The molecule has 0 radical (unpaired) electrons. The van der Waals surface area contributed by atoms with Crippen LogP contribution in [0.4, 0.5) is 0 Å². The van der Waals surface area contributed by atoms with E-state index in [1.54, 1.807) is 6.07 Å². The molecule has 6 nitrogen and oxygen atoms in total. The molecule has 1 aromatic heterocycles. The summed E-state index contributed by atoms with van der Waals surface area (Å²) in [5.74, 6) is -0.321. The zero-order valence-corrected chi connectivity index (χ0v) is 17.0. The smallest absolute Gasteiger partial charge is 0.337 e. The van der Waals surface area contributed by atoms with Crippen LogP contribution >= 0.6 is 0 Å². The Morgan fingerprint density at radius 2 is 1.97 bits per heavy atom. The summed E-state index contributed by atoms with van der Waals surface area (Å²) in [6.45, 7) is 1.99. The van der Waals surface area contributed by atoms with E-state index in [4.69, 9.17) is 4.74 Å². The number of hydrogen-bond donors (Lipinski definition) is 1. The number of fused-ring (bicyclic) bond motifs is 3. The highest BCUT2D eigenvalue weighted by Crippen LogP contribution is 2.29. The highest BCUT2D eigenvalue weighted by atomic mass is 16.5. The number of benzene rings is 2. The lowest BCUT2D eigenvalue weighted by Crippen LogP contribution is -2.35. The average Bonchev–Trinajstić information content (AvgIpc) is 3.09. The monoisotopic (exact) mass is 391 g/mol. The summed E-state index contributed by atoms with van der Waals surface area (Å²) in [5.41, 5.74) is 5.53. The molecule has 3 aromatic rings. The van der Waals surface area contributed by atoms with Gasteiger partial charge in [0.1, 0.15) is 0 Å². The number of carbonyl (C=O) groups is 2. The molecule has 1 aliphatic rings. The van der Waals surface area contributed by atoms with Crippen molar-refractivity contribution in [3.05, 3.63) is 70.4 Å². The molecule has 0 spiro atoms. The van der Waals surface area contributed by atoms with Gasteiger partial charge in [-0.1, -0.05) is 12.1 Å². The highest BCUT2D eigenvalue weighted by Gasteiger charge is 2.25. The standard InChI is InChI=1S/C23H25N3O3/c1-25(2)13-15-5-4-6-16(11-15)22(27)26-10-9-21-19(14-26)18-12-17(23(28)29-3)7-8-20(18)24-21/h4-8,11-12,24H,9-10,13-14H2,1-3H3. The molecular weight excluding hydrogens is 366 g/mol. The minimum Gasteiger partial charge on any atom is -0.465 e. The molecule has 1 aliphatic heterocycles. The maximum Gasteiger partial charge on any atom is 0.337 e. The number of carbonyl (C=O) groups excluding carboxylic acids is 2. The third-order valence-electron chi connectivity index (χ3n) is 5.36. The van der Waals surface area contributed by atoms with E-state index >= 15 is 0 Å². The fraction of sp³-hybridized carbons (Fsp3) is 0.304. The number of rotatable bonds is 4. The lowest BCUT2D eigenvalue weighted by molar-refractivity contribution is 0.0600. The van der Waals surface area contributed by atoms with Crippen LogP contribution in [0.5, 0.6) is 0 Å². The van der Waals surface area contributed by atoms with Gasteiger partial charge in [-0.05, 0) is 50.0 Å². The second kappa shape index (κ2) is 7.72. The Hall–Kier alpha value is -3.12. The molecule has 0 fully saturated rings. The van der Waals surface area contributed by atoms with Gasteiger partial charge in [0.25, 0.3) is 5.91 Å². The van der Waals surface area contributed by atoms with Crippen molar-refractivity contribution in [3.8, 4) is 0 Å². The minimum atomic E-state index is -0.358. The van der Waals surface area contributed by atoms with Crippen LogP contribution in [0.25, 0.3) is 10.9 Å². The Kier molecular flexibility index (Phi) is 5.11. The normalized spacial score (nSPS) is 13.6. The Balaban J connectivity index is 1.62. The first-order valence-electron chi connectivity index (χ1n) is 9.71. The van der Waals surface area contributed by atoms with Crippen molar-refractivity contribution in [3.63, 3.8) is 0 Å². The molecule has 0 saturated heterocycles. The van der Waals surface area contributed by atoms with Crippen molar-refractivity contribution < 1.29 is 14.3 Å². The second-order valence-corrected chi connectivity index (χ2v) is 7.75. The summed E-state index contributed by atoms with van der Waals surface area (Å²) in [6, 6.07) is 13.3. The van der Waals surface area contributed by atoms with E-state index in [-0.39, 0.29) is 11.9 Å². The average molecular weight is 391 g/mol. The van der Waals surface area contributed by atoms with E-state index in [2.05, 4.69) is 9.88 Å². The van der Waals surface area contributed by atoms with Crippen molar-refractivity contribution in [1.82, 2.24) is 14.8 Å². The first-order valence-corrected chi connectivity index (χ1v) is 9.71. The molecule has 2 aromatic carbocycles. The van der Waals surface area contributed by atoms with E-state index < -0.39 is 0 Å². The molecule has 29 heavy (non-hydrogen) atoms. The number of ether oxygens (including phenoxy) is 1. The fourth-order valence-corrected chi connectivity index (χ4v) is 3.98. The molecule has 0 aliphatic carbocycles.